The van der Waals surface area contributed by atoms with Crippen LogP contribution in [-0.4, -0.2) is 37.0 Å². The number of nitrogens with zero attached hydrogens (tertiary/aromatic N) is 6. The molecule has 0 radical (unpaired) electrons. The Morgan fingerprint density at radius 1 is 1.20 bits per heavy atom. The third kappa shape index (κ3) is 5.96. The summed E-state index contributed by atoms with van der Waals surface area (Å²) < 4.78 is 1.88. The number of nitrogens with one attached hydrogen (secondary N) is 1. The molecule has 3 rings (SSSR count). The summed E-state index contributed by atoms with van der Waals surface area (Å²) in [5, 5.41) is 10.7. The van der Waals surface area contributed by atoms with E-state index in [9.17, 15) is 4.79 Å². The zero-order valence-electron chi connectivity index (χ0n) is 17.4. The molecule has 2 heterocycles. The van der Waals surface area contributed by atoms with Crippen molar-refractivity contribution in [3.05, 3.63) is 72.3 Å². The highest BCUT2D eigenvalue weighted by Gasteiger charge is 2.17. The van der Waals surface area contributed by atoms with Crippen molar-refractivity contribution in [2.24, 2.45) is 5.41 Å². The van der Waals surface area contributed by atoms with E-state index >= 15 is 0 Å². The lowest BCUT2D eigenvalue weighted by Gasteiger charge is -2.27. The molecule has 0 atom stereocenters. The number of hydrogen-bond donors (Lipinski definition) is 1. The molecule has 0 fully saturated rings. The minimum atomic E-state index is -0.185. The summed E-state index contributed by atoms with van der Waals surface area (Å²) in [7, 11) is 0. The van der Waals surface area contributed by atoms with Crippen molar-refractivity contribution < 1.29 is 4.79 Å². The Morgan fingerprint density at radius 3 is 2.47 bits per heavy atom. The van der Waals surface area contributed by atoms with Gasteiger partial charge in [-0.05, 0) is 36.1 Å². The van der Waals surface area contributed by atoms with Gasteiger partial charge in [-0.3, -0.25) is 10.2 Å². The van der Waals surface area contributed by atoms with Crippen molar-refractivity contribution in [1.29, 1.82) is 5.26 Å². The van der Waals surface area contributed by atoms with Gasteiger partial charge in [-0.2, -0.15) is 5.26 Å². The van der Waals surface area contributed by atoms with Gasteiger partial charge in [-0.1, -0.05) is 20.8 Å². The molecule has 3 aromatic rings. The van der Waals surface area contributed by atoms with E-state index in [0.717, 1.165) is 17.7 Å². The maximum atomic E-state index is 12.8. The Morgan fingerprint density at radius 2 is 1.90 bits per heavy atom. The van der Waals surface area contributed by atoms with E-state index in [0.29, 0.717) is 18.7 Å². The van der Waals surface area contributed by atoms with E-state index in [-0.39, 0.29) is 17.1 Å². The van der Waals surface area contributed by atoms with Gasteiger partial charge < -0.3 is 4.57 Å². The van der Waals surface area contributed by atoms with Gasteiger partial charge in [0, 0.05) is 54.7 Å². The van der Waals surface area contributed by atoms with E-state index in [2.05, 4.69) is 41.1 Å². The number of hydrogen-bond acceptors (Lipinski definition) is 6. The van der Waals surface area contributed by atoms with Gasteiger partial charge in [-0.15, -0.1) is 0 Å². The average Bonchev–Trinajstić information content (AvgIpc) is 3.27. The van der Waals surface area contributed by atoms with Gasteiger partial charge in [0.1, 0.15) is 6.07 Å². The normalized spacial score (nSPS) is 11.3. The third-order valence-corrected chi connectivity index (χ3v) is 4.50. The molecule has 30 heavy (non-hydrogen) atoms. The highest BCUT2D eigenvalue weighted by atomic mass is 16.2. The predicted octanol–water partition coefficient (Wildman–Crippen LogP) is 3.12. The second-order valence-electron chi connectivity index (χ2n) is 8.22. The number of benzene rings is 1. The molecule has 8 nitrogen and oxygen atoms in total. The molecule has 0 spiro atoms. The first-order valence-electron chi connectivity index (χ1n) is 9.69. The van der Waals surface area contributed by atoms with Crippen LogP contribution in [0.25, 0.3) is 5.69 Å². The molecular weight excluding hydrogens is 378 g/mol. The second kappa shape index (κ2) is 9.29. The molecule has 0 aliphatic heterocycles. The Labute approximate surface area is 176 Å². The van der Waals surface area contributed by atoms with Gasteiger partial charge in [0.2, 0.25) is 5.82 Å². The molecule has 0 bridgehead atoms. The van der Waals surface area contributed by atoms with E-state index in [1.807, 2.05) is 34.0 Å². The van der Waals surface area contributed by atoms with E-state index < -0.39 is 0 Å². The number of carbonyl (C=O) groups excluding carboxylic acids is 1. The lowest BCUT2D eigenvalue weighted by Crippen LogP contribution is -2.43. The second-order valence-corrected chi connectivity index (χ2v) is 8.22. The summed E-state index contributed by atoms with van der Waals surface area (Å²) in [5.41, 5.74) is 5.43. The number of aromatic nitrogens is 4. The minimum Gasteiger partial charge on any atom is -0.306 e. The van der Waals surface area contributed by atoms with Crippen molar-refractivity contribution >= 4 is 5.91 Å². The standard InChI is InChI=1S/C22H25N7O/c1-22(2,3)8-10-29(15-17-13-25-20(12-23)26-14-17)27-21(30)18-4-6-19(7-5-18)28-11-9-24-16-28/h4-7,9,11,13-14,16H,8,10,15H2,1-3H3,(H,27,30). The van der Waals surface area contributed by atoms with Gasteiger partial charge >= 0.3 is 0 Å². The van der Waals surface area contributed by atoms with Crippen molar-refractivity contribution in [3.63, 3.8) is 0 Å². The van der Waals surface area contributed by atoms with Crippen LogP contribution in [0.1, 0.15) is 48.9 Å². The van der Waals surface area contributed by atoms with Crippen LogP contribution in [0.4, 0.5) is 0 Å². The van der Waals surface area contributed by atoms with E-state index in [4.69, 9.17) is 5.26 Å². The van der Waals surface area contributed by atoms with Crippen LogP contribution in [0.15, 0.2) is 55.4 Å². The van der Waals surface area contributed by atoms with Crippen LogP contribution in [0, 0.1) is 16.7 Å². The summed E-state index contributed by atoms with van der Waals surface area (Å²) >= 11 is 0. The van der Waals surface area contributed by atoms with Crippen LogP contribution in [0.3, 0.4) is 0 Å². The first-order valence-corrected chi connectivity index (χ1v) is 9.69. The molecular formula is C22H25N7O. The van der Waals surface area contributed by atoms with Crippen LogP contribution < -0.4 is 5.43 Å². The van der Waals surface area contributed by atoms with Crippen LogP contribution in [-0.2, 0) is 6.54 Å². The molecule has 154 valence electrons. The third-order valence-electron chi connectivity index (χ3n) is 4.50. The zero-order valence-corrected chi connectivity index (χ0v) is 17.4. The largest absolute Gasteiger partial charge is 0.306 e. The molecule has 0 aliphatic rings. The summed E-state index contributed by atoms with van der Waals surface area (Å²) in [6.07, 6.45) is 9.39. The molecule has 1 N–H and O–H groups in total. The Balaban J connectivity index is 1.70. The van der Waals surface area contributed by atoms with Crippen molar-refractivity contribution in [1.82, 2.24) is 30.0 Å². The van der Waals surface area contributed by atoms with E-state index in [1.54, 1.807) is 37.1 Å². The average molecular weight is 403 g/mol. The van der Waals surface area contributed by atoms with Crippen LogP contribution >= 0.6 is 0 Å². The summed E-state index contributed by atoms with van der Waals surface area (Å²) in [4.78, 5) is 24.9. The molecule has 0 unspecified atom stereocenters. The number of carbonyl (C=O) groups is 1. The molecule has 0 aliphatic carbocycles. The lowest BCUT2D eigenvalue weighted by molar-refractivity contribution is 0.0748. The summed E-state index contributed by atoms with van der Waals surface area (Å²) in [5.74, 6) is -0.0577. The SMILES string of the molecule is CC(C)(C)CCN(Cc1cnc(C#N)nc1)NC(=O)c1ccc(-n2ccnc2)cc1. The van der Waals surface area contributed by atoms with Crippen molar-refractivity contribution in [2.75, 3.05) is 6.54 Å². The van der Waals surface area contributed by atoms with Crippen molar-refractivity contribution in [2.45, 2.75) is 33.7 Å². The molecule has 0 saturated carbocycles. The molecule has 8 heteroatoms. The predicted molar refractivity (Wildman–Crippen MR) is 112 cm³/mol. The number of rotatable bonds is 7. The maximum absolute atomic E-state index is 12.8. The highest BCUT2D eigenvalue weighted by Crippen LogP contribution is 2.19. The fraction of sp³-hybridized carbons (Fsp3) is 0.318. The Hall–Kier alpha value is -3.57. The zero-order chi connectivity index (χ0) is 21.6. The molecule has 1 aromatic carbocycles. The number of nitriles is 1. The molecule has 1 amide bonds. The van der Waals surface area contributed by atoms with Crippen LogP contribution in [0.5, 0.6) is 0 Å². The Kier molecular flexibility index (Phi) is 6.54. The van der Waals surface area contributed by atoms with Gasteiger partial charge in [0.05, 0.1) is 6.33 Å². The van der Waals surface area contributed by atoms with Gasteiger partial charge in [-0.25, -0.2) is 20.0 Å². The fourth-order valence-corrected chi connectivity index (χ4v) is 2.76. The quantitative estimate of drug-likeness (QED) is 0.609. The maximum Gasteiger partial charge on any atom is 0.265 e. The molecule has 2 aromatic heterocycles. The van der Waals surface area contributed by atoms with Crippen molar-refractivity contribution in [3.8, 4) is 11.8 Å². The first kappa shape index (κ1) is 21.1. The minimum absolute atomic E-state index is 0.122. The monoisotopic (exact) mass is 403 g/mol. The summed E-state index contributed by atoms with van der Waals surface area (Å²) in [6, 6.07) is 9.25. The summed E-state index contributed by atoms with van der Waals surface area (Å²) in [6.45, 7) is 7.59. The smallest absolute Gasteiger partial charge is 0.265 e. The van der Waals surface area contributed by atoms with Gasteiger partial charge in [0.25, 0.3) is 5.91 Å². The van der Waals surface area contributed by atoms with Gasteiger partial charge in [0.15, 0.2) is 0 Å². The van der Waals surface area contributed by atoms with Crippen LogP contribution in [0.2, 0.25) is 0 Å². The number of hydrazine groups is 1. The van der Waals surface area contributed by atoms with E-state index in [1.165, 1.54) is 0 Å². The first-order chi connectivity index (χ1) is 14.3. The fourth-order valence-electron chi connectivity index (χ4n) is 2.76. The number of amides is 1. The molecule has 0 saturated heterocycles. The lowest BCUT2D eigenvalue weighted by atomic mass is 9.92. The number of imidazole rings is 1. The topological polar surface area (TPSA) is 99.7 Å². The highest BCUT2D eigenvalue weighted by molar-refractivity contribution is 5.94. The Bertz CT molecular complexity index is 998.